The molecule has 1 aromatic rings. The molecule has 0 saturated heterocycles. The zero-order chi connectivity index (χ0) is 16.8. The maximum atomic E-state index is 12.2. The Morgan fingerprint density at radius 2 is 1.91 bits per heavy atom. The summed E-state index contributed by atoms with van der Waals surface area (Å²) in [6, 6.07) is 5.99. The highest BCUT2D eigenvalue weighted by Crippen LogP contribution is 2.24. The van der Waals surface area contributed by atoms with Crippen molar-refractivity contribution in [3.8, 4) is 0 Å². The molecule has 1 saturated carbocycles. The second-order valence-electron chi connectivity index (χ2n) is 6.52. The second-order valence-corrected chi connectivity index (χ2v) is 6.52. The monoisotopic (exact) mass is 317 g/mol. The lowest BCUT2D eigenvalue weighted by atomic mass is 9.86. The van der Waals surface area contributed by atoms with E-state index in [9.17, 15) is 9.59 Å². The molecule has 2 rings (SSSR count). The highest BCUT2D eigenvalue weighted by Gasteiger charge is 2.22. The van der Waals surface area contributed by atoms with Gasteiger partial charge in [0.2, 0.25) is 11.8 Å². The lowest BCUT2D eigenvalue weighted by Gasteiger charge is -2.29. The SMILES string of the molecule is CC(=O)Nc1ccc(C)cc1NCC(=O)N[C@@H]1CCCC[C@H]1C. The summed E-state index contributed by atoms with van der Waals surface area (Å²) >= 11 is 0. The van der Waals surface area contributed by atoms with Gasteiger partial charge in [0.1, 0.15) is 0 Å². The Labute approximate surface area is 138 Å². The van der Waals surface area contributed by atoms with Crippen LogP contribution in [0.15, 0.2) is 18.2 Å². The molecule has 5 heteroatoms. The smallest absolute Gasteiger partial charge is 0.239 e. The highest BCUT2D eigenvalue weighted by molar-refractivity contribution is 5.93. The van der Waals surface area contributed by atoms with E-state index in [-0.39, 0.29) is 24.4 Å². The van der Waals surface area contributed by atoms with E-state index in [4.69, 9.17) is 0 Å². The first-order valence-electron chi connectivity index (χ1n) is 8.37. The van der Waals surface area contributed by atoms with E-state index in [0.29, 0.717) is 11.6 Å². The minimum Gasteiger partial charge on any atom is -0.374 e. The normalized spacial score (nSPS) is 20.7. The van der Waals surface area contributed by atoms with Crippen molar-refractivity contribution in [1.82, 2.24) is 5.32 Å². The number of nitrogens with one attached hydrogen (secondary N) is 3. The molecular formula is C18H27N3O2. The topological polar surface area (TPSA) is 70.2 Å². The molecule has 1 aliphatic carbocycles. The van der Waals surface area contributed by atoms with E-state index in [2.05, 4.69) is 22.9 Å². The van der Waals surface area contributed by atoms with Gasteiger partial charge in [0.05, 0.1) is 17.9 Å². The molecule has 1 fully saturated rings. The molecule has 0 spiro atoms. The van der Waals surface area contributed by atoms with Crippen molar-refractivity contribution in [1.29, 1.82) is 0 Å². The molecule has 0 aromatic heterocycles. The van der Waals surface area contributed by atoms with Crippen LogP contribution in [0.3, 0.4) is 0 Å². The lowest BCUT2D eigenvalue weighted by molar-refractivity contribution is -0.120. The molecule has 3 N–H and O–H groups in total. The highest BCUT2D eigenvalue weighted by atomic mass is 16.2. The fraction of sp³-hybridized carbons (Fsp3) is 0.556. The van der Waals surface area contributed by atoms with Gasteiger partial charge in [-0.1, -0.05) is 25.8 Å². The third-order valence-electron chi connectivity index (χ3n) is 4.38. The third kappa shape index (κ3) is 5.27. The zero-order valence-corrected chi connectivity index (χ0v) is 14.2. The van der Waals surface area contributed by atoms with Crippen LogP contribution in [0.5, 0.6) is 0 Å². The molecule has 1 aromatic carbocycles. The van der Waals surface area contributed by atoms with Crippen molar-refractivity contribution in [2.75, 3.05) is 17.2 Å². The van der Waals surface area contributed by atoms with Crippen LogP contribution in [0.1, 0.15) is 45.1 Å². The maximum absolute atomic E-state index is 12.2. The van der Waals surface area contributed by atoms with E-state index in [1.54, 1.807) is 0 Å². The number of carbonyl (C=O) groups is 2. The molecular weight excluding hydrogens is 290 g/mol. The van der Waals surface area contributed by atoms with Crippen molar-refractivity contribution >= 4 is 23.2 Å². The van der Waals surface area contributed by atoms with Crippen molar-refractivity contribution in [2.24, 2.45) is 5.92 Å². The number of hydrogen-bond acceptors (Lipinski definition) is 3. The van der Waals surface area contributed by atoms with Gasteiger partial charge in [0, 0.05) is 13.0 Å². The summed E-state index contributed by atoms with van der Waals surface area (Å²) in [5.74, 6) is 0.415. The molecule has 5 nitrogen and oxygen atoms in total. The molecule has 0 unspecified atom stereocenters. The fourth-order valence-corrected chi connectivity index (χ4v) is 3.07. The van der Waals surface area contributed by atoms with Gasteiger partial charge in [0.25, 0.3) is 0 Å². The molecule has 0 bridgehead atoms. The Balaban J connectivity index is 1.93. The third-order valence-corrected chi connectivity index (χ3v) is 4.38. The Morgan fingerprint density at radius 3 is 2.61 bits per heavy atom. The lowest BCUT2D eigenvalue weighted by Crippen LogP contribution is -2.43. The van der Waals surface area contributed by atoms with Crippen molar-refractivity contribution < 1.29 is 9.59 Å². The Kier molecular flexibility index (Phi) is 6.02. The molecule has 0 aliphatic heterocycles. The van der Waals surface area contributed by atoms with Gasteiger partial charge in [0.15, 0.2) is 0 Å². The van der Waals surface area contributed by atoms with Crippen molar-refractivity contribution in [3.63, 3.8) is 0 Å². The van der Waals surface area contributed by atoms with Gasteiger partial charge in [-0.25, -0.2) is 0 Å². The number of hydrogen-bond donors (Lipinski definition) is 3. The minimum atomic E-state index is -0.127. The van der Waals surface area contributed by atoms with Gasteiger partial charge in [-0.05, 0) is 43.4 Å². The second kappa shape index (κ2) is 7.99. The van der Waals surface area contributed by atoms with E-state index < -0.39 is 0 Å². The van der Waals surface area contributed by atoms with Gasteiger partial charge >= 0.3 is 0 Å². The van der Waals surface area contributed by atoms with Gasteiger partial charge in [-0.3, -0.25) is 9.59 Å². The summed E-state index contributed by atoms with van der Waals surface area (Å²) in [6.07, 6.45) is 4.69. The molecule has 126 valence electrons. The number of benzene rings is 1. The predicted molar refractivity (Wildman–Crippen MR) is 93.5 cm³/mol. The minimum absolute atomic E-state index is 0.000897. The molecule has 0 radical (unpaired) electrons. The van der Waals surface area contributed by atoms with Gasteiger partial charge in [-0.15, -0.1) is 0 Å². The van der Waals surface area contributed by atoms with Crippen LogP contribution in [0.4, 0.5) is 11.4 Å². The summed E-state index contributed by atoms with van der Waals surface area (Å²) in [7, 11) is 0. The Morgan fingerprint density at radius 1 is 1.17 bits per heavy atom. The Bertz CT molecular complexity index is 571. The van der Waals surface area contributed by atoms with E-state index >= 15 is 0 Å². The standard InChI is InChI=1S/C18H27N3O2/c1-12-8-9-16(20-14(3)22)17(10-12)19-11-18(23)21-15-7-5-4-6-13(15)2/h8-10,13,15,19H,4-7,11H2,1-3H3,(H,20,22)(H,21,23)/t13-,15-/m1/s1. The molecule has 2 amide bonds. The quantitative estimate of drug-likeness (QED) is 0.781. The molecule has 23 heavy (non-hydrogen) atoms. The number of carbonyl (C=O) groups excluding carboxylic acids is 2. The number of anilines is 2. The average molecular weight is 317 g/mol. The largest absolute Gasteiger partial charge is 0.374 e. The van der Waals surface area contributed by atoms with Crippen LogP contribution < -0.4 is 16.0 Å². The first-order valence-corrected chi connectivity index (χ1v) is 8.37. The summed E-state index contributed by atoms with van der Waals surface area (Å²) in [4.78, 5) is 23.5. The van der Waals surface area contributed by atoms with Crippen molar-refractivity contribution in [3.05, 3.63) is 23.8 Å². The van der Waals surface area contributed by atoms with Gasteiger partial charge < -0.3 is 16.0 Å². The van der Waals surface area contributed by atoms with Crippen LogP contribution >= 0.6 is 0 Å². The van der Waals surface area contributed by atoms with Crippen LogP contribution in [0.2, 0.25) is 0 Å². The molecule has 1 aliphatic rings. The molecule has 0 heterocycles. The summed E-state index contributed by atoms with van der Waals surface area (Å²) in [5.41, 5.74) is 2.54. The average Bonchev–Trinajstić information content (AvgIpc) is 2.49. The van der Waals surface area contributed by atoms with Crippen LogP contribution in [0, 0.1) is 12.8 Å². The van der Waals surface area contributed by atoms with Crippen LogP contribution in [-0.2, 0) is 9.59 Å². The van der Waals surface area contributed by atoms with Crippen molar-refractivity contribution in [2.45, 2.75) is 52.5 Å². The number of aryl methyl sites for hydroxylation is 1. The summed E-state index contributed by atoms with van der Waals surface area (Å²) < 4.78 is 0. The van der Waals surface area contributed by atoms with E-state index in [1.807, 2.05) is 25.1 Å². The van der Waals surface area contributed by atoms with Gasteiger partial charge in [-0.2, -0.15) is 0 Å². The maximum Gasteiger partial charge on any atom is 0.239 e. The van der Waals surface area contributed by atoms with E-state index in [1.165, 1.54) is 26.2 Å². The molecule has 2 atom stereocenters. The number of rotatable bonds is 5. The summed E-state index contributed by atoms with van der Waals surface area (Å²) in [5, 5.41) is 9.04. The Hall–Kier alpha value is -2.04. The zero-order valence-electron chi connectivity index (χ0n) is 14.2. The van der Waals surface area contributed by atoms with E-state index in [0.717, 1.165) is 17.7 Å². The number of amides is 2. The summed E-state index contributed by atoms with van der Waals surface area (Å²) in [6.45, 7) is 5.86. The first-order chi connectivity index (χ1) is 11.0. The van der Waals surface area contributed by atoms with Crippen LogP contribution in [0.25, 0.3) is 0 Å². The first kappa shape index (κ1) is 17.3. The fourth-order valence-electron chi connectivity index (χ4n) is 3.07. The predicted octanol–water partition coefficient (Wildman–Crippen LogP) is 3.06. The van der Waals surface area contributed by atoms with Crippen LogP contribution in [-0.4, -0.2) is 24.4 Å².